The van der Waals surface area contributed by atoms with Gasteiger partial charge in [-0.3, -0.25) is 0 Å². The molecule has 0 aromatic heterocycles. The van der Waals surface area contributed by atoms with Gasteiger partial charge in [-0.15, -0.1) is 0 Å². The molecule has 0 aromatic rings. The minimum absolute atomic E-state index is 0.0194. The molecule has 1 unspecified atom stereocenters. The monoisotopic (exact) mass is 145 g/mol. The maximum atomic E-state index is 10.8. The van der Waals surface area contributed by atoms with Gasteiger partial charge in [0.05, 0.1) is 19.3 Å². The van der Waals surface area contributed by atoms with E-state index in [1.807, 2.05) is 0 Å². The van der Waals surface area contributed by atoms with E-state index in [-0.39, 0.29) is 18.7 Å². The molecule has 0 aliphatic carbocycles. The molecular formula is C6H11NO3. The van der Waals surface area contributed by atoms with Crippen molar-refractivity contribution in [2.24, 2.45) is 0 Å². The number of aliphatic hydroxyl groups excluding tert-OH is 1. The van der Waals surface area contributed by atoms with E-state index in [0.29, 0.717) is 6.61 Å². The van der Waals surface area contributed by atoms with Gasteiger partial charge in [-0.25, -0.2) is 4.79 Å². The number of carbonyl (C=O) groups is 1. The van der Waals surface area contributed by atoms with E-state index in [1.54, 1.807) is 7.05 Å². The van der Waals surface area contributed by atoms with Crippen molar-refractivity contribution in [2.45, 2.75) is 12.5 Å². The summed E-state index contributed by atoms with van der Waals surface area (Å²) in [5.41, 5.74) is 0. The Kier molecular flexibility index (Phi) is 2.11. The molecule has 1 aliphatic heterocycles. The van der Waals surface area contributed by atoms with E-state index >= 15 is 0 Å². The highest BCUT2D eigenvalue weighted by atomic mass is 16.6. The second-order valence-electron chi connectivity index (χ2n) is 2.35. The van der Waals surface area contributed by atoms with Gasteiger partial charge in [0.2, 0.25) is 0 Å². The predicted octanol–water partition coefficient (Wildman–Crippen LogP) is -0.181. The van der Waals surface area contributed by atoms with Gasteiger partial charge < -0.3 is 14.7 Å². The summed E-state index contributed by atoms with van der Waals surface area (Å²) in [5.74, 6) is 0. The molecule has 10 heavy (non-hydrogen) atoms. The van der Waals surface area contributed by atoms with Crippen LogP contribution in [0.1, 0.15) is 6.42 Å². The third-order valence-electron chi connectivity index (χ3n) is 1.72. The summed E-state index contributed by atoms with van der Waals surface area (Å²) in [5, 5.41) is 8.73. The molecule has 1 amide bonds. The quantitative estimate of drug-likeness (QED) is 0.556. The second kappa shape index (κ2) is 2.88. The number of cyclic esters (lactones) is 1. The SMILES string of the molecule is CN1C(=O)OCCC1CO. The van der Waals surface area contributed by atoms with Crippen molar-refractivity contribution in [3.8, 4) is 0 Å². The fourth-order valence-electron chi connectivity index (χ4n) is 0.941. The number of nitrogens with zero attached hydrogens (tertiary/aromatic N) is 1. The highest BCUT2D eigenvalue weighted by molar-refractivity contribution is 5.68. The Hall–Kier alpha value is -0.770. The van der Waals surface area contributed by atoms with E-state index in [1.165, 1.54) is 4.90 Å². The summed E-state index contributed by atoms with van der Waals surface area (Å²) >= 11 is 0. The van der Waals surface area contributed by atoms with Gasteiger partial charge >= 0.3 is 6.09 Å². The lowest BCUT2D eigenvalue weighted by atomic mass is 10.2. The number of rotatable bonds is 1. The van der Waals surface area contributed by atoms with Crippen LogP contribution in [0.3, 0.4) is 0 Å². The van der Waals surface area contributed by atoms with Gasteiger partial charge in [0, 0.05) is 13.5 Å². The molecule has 1 fully saturated rings. The van der Waals surface area contributed by atoms with Crippen LogP contribution in [-0.4, -0.2) is 42.4 Å². The number of aliphatic hydroxyl groups is 1. The Morgan fingerprint density at radius 3 is 3.10 bits per heavy atom. The molecule has 1 N–H and O–H groups in total. The zero-order valence-corrected chi connectivity index (χ0v) is 5.91. The van der Waals surface area contributed by atoms with Crippen molar-refractivity contribution < 1.29 is 14.6 Å². The molecule has 0 bridgehead atoms. The van der Waals surface area contributed by atoms with Gasteiger partial charge in [-0.1, -0.05) is 0 Å². The lowest BCUT2D eigenvalue weighted by Gasteiger charge is -2.30. The lowest BCUT2D eigenvalue weighted by molar-refractivity contribution is 0.0372. The zero-order valence-electron chi connectivity index (χ0n) is 5.91. The van der Waals surface area contributed by atoms with E-state index in [9.17, 15) is 4.79 Å². The van der Waals surface area contributed by atoms with E-state index in [0.717, 1.165) is 6.42 Å². The molecular weight excluding hydrogens is 134 g/mol. The molecule has 0 spiro atoms. The number of hydrogen-bond donors (Lipinski definition) is 1. The minimum atomic E-state index is -0.342. The van der Waals surface area contributed by atoms with Crippen molar-refractivity contribution in [1.82, 2.24) is 4.90 Å². The van der Waals surface area contributed by atoms with Gasteiger partial charge in [0.1, 0.15) is 0 Å². The second-order valence-corrected chi connectivity index (χ2v) is 2.35. The average Bonchev–Trinajstić information content (AvgIpc) is 1.95. The first-order valence-electron chi connectivity index (χ1n) is 3.26. The molecule has 58 valence electrons. The van der Waals surface area contributed by atoms with Gasteiger partial charge in [0.15, 0.2) is 0 Å². The summed E-state index contributed by atoms with van der Waals surface area (Å²) in [6, 6.07) is -0.0544. The molecule has 0 radical (unpaired) electrons. The Bertz CT molecular complexity index is 137. The Morgan fingerprint density at radius 2 is 2.60 bits per heavy atom. The van der Waals surface area contributed by atoms with Crippen molar-refractivity contribution in [3.63, 3.8) is 0 Å². The van der Waals surface area contributed by atoms with Crippen molar-refractivity contribution in [2.75, 3.05) is 20.3 Å². The third kappa shape index (κ3) is 1.21. The number of likely N-dealkylation sites (N-methyl/N-ethyl adjacent to an activating group) is 1. The molecule has 4 nitrogen and oxygen atoms in total. The van der Waals surface area contributed by atoms with Crippen molar-refractivity contribution >= 4 is 6.09 Å². The molecule has 1 atom stereocenters. The smallest absolute Gasteiger partial charge is 0.409 e. The van der Waals surface area contributed by atoms with Gasteiger partial charge in [-0.05, 0) is 0 Å². The van der Waals surface area contributed by atoms with Crippen molar-refractivity contribution in [1.29, 1.82) is 0 Å². The molecule has 4 heteroatoms. The van der Waals surface area contributed by atoms with E-state index in [4.69, 9.17) is 9.84 Å². The predicted molar refractivity (Wildman–Crippen MR) is 34.6 cm³/mol. The molecule has 0 aromatic carbocycles. The fraction of sp³-hybridized carbons (Fsp3) is 0.833. The van der Waals surface area contributed by atoms with Crippen LogP contribution < -0.4 is 0 Å². The van der Waals surface area contributed by atoms with Crippen LogP contribution in [0.2, 0.25) is 0 Å². The van der Waals surface area contributed by atoms with Crippen LogP contribution in [0, 0.1) is 0 Å². The maximum absolute atomic E-state index is 10.8. The Labute approximate surface area is 59.4 Å². The van der Waals surface area contributed by atoms with Crippen LogP contribution in [0.25, 0.3) is 0 Å². The van der Waals surface area contributed by atoms with Crippen LogP contribution in [-0.2, 0) is 4.74 Å². The number of carbonyl (C=O) groups excluding carboxylic acids is 1. The summed E-state index contributed by atoms with van der Waals surface area (Å²) < 4.78 is 4.70. The summed E-state index contributed by atoms with van der Waals surface area (Å²) in [6.07, 6.45) is 0.379. The third-order valence-corrected chi connectivity index (χ3v) is 1.72. The first-order chi connectivity index (χ1) is 4.75. The summed E-state index contributed by atoms with van der Waals surface area (Å²) in [4.78, 5) is 12.2. The molecule has 1 rings (SSSR count). The number of hydrogen-bond acceptors (Lipinski definition) is 3. The maximum Gasteiger partial charge on any atom is 0.409 e. The fourth-order valence-corrected chi connectivity index (χ4v) is 0.941. The van der Waals surface area contributed by atoms with Crippen LogP contribution >= 0.6 is 0 Å². The lowest BCUT2D eigenvalue weighted by Crippen LogP contribution is -2.44. The van der Waals surface area contributed by atoms with E-state index in [2.05, 4.69) is 0 Å². The average molecular weight is 145 g/mol. The van der Waals surface area contributed by atoms with Crippen molar-refractivity contribution in [3.05, 3.63) is 0 Å². The highest BCUT2D eigenvalue weighted by Crippen LogP contribution is 2.09. The van der Waals surface area contributed by atoms with Crippen LogP contribution in [0.5, 0.6) is 0 Å². The van der Waals surface area contributed by atoms with Gasteiger partial charge in [-0.2, -0.15) is 0 Å². The number of ether oxygens (including phenoxy) is 1. The molecule has 1 saturated heterocycles. The normalized spacial score (nSPS) is 26.4. The molecule has 1 heterocycles. The summed E-state index contributed by atoms with van der Waals surface area (Å²) in [7, 11) is 1.63. The van der Waals surface area contributed by atoms with Gasteiger partial charge in [0.25, 0.3) is 0 Å². The van der Waals surface area contributed by atoms with Crippen LogP contribution in [0.15, 0.2) is 0 Å². The topological polar surface area (TPSA) is 49.8 Å². The number of amides is 1. The molecule has 0 saturated carbocycles. The largest absolute Gasteiger partial charge is 0.449 e. The Morgan fingerprint density at radius 1 is 1.90 bits per heavy atom. The first-order valence-corrected chi connectivity index (χ1v) is 3.26. The minimum Gasteiger partial charge on any atom is -0.449 e. The Balaban J connectivity index is 2.51. The van der Waals surface area contributed by atoms with Crippen LogP contribution in [0.4, 0.5) is 4.79 Å². The van der Waals surface area contributed by atoms with E-state index < -0.39 is 0 Å². The molecule has 1 aliphatic rings. The first kappa shape index (κ1) is 7.34. The standard InChI is InChI=1S/C6H11NO3/c1-7-5(4-8)2-3-10-6(7)9/h5,8H,2-4H2,1H3. The zero-order chi connectivity index (χ0) is 7.56. The highest BCUT2D eigenvalue weighted by Gasteiger charge is 2.24. The summed E-state index contributed by atoms with van der Waals surface area (Å²) in [6.45, 7) is 0.444.